The Balaban J connectivity index is 1.87. The Hall–Kier alpha value is -0.650. The van der Waals surface area contributed by atoms with Crippen molar-refractivity contribution in [2.45, 2.75) is 24.7 Å². The highest BCUT2D eigenvalue weighted by molar-refractivity contribution is 6.30. The predicted molar refractivity (Wildman–Crippen MR) is 85.9 cm³/mol. The molecule has 1 N–H and O–H groups in total. The maximum Gasteiger partial charge on any atom is 0.0971 e. The van der Waals surface area contributed by atoms with E-state index in [1.54, 1.807) is 14.2 Å². The molecular formula is C16H25ClN2O2. The number of benzene rings is 1. The molecule has 0 saturated carbocycles. The Morgan fingerprint density at radius 1 is 1.19 bits per heavy atom. The predicted octanol–water partition coefficient (Wildman–Crippen LogP) is 2.34. The van der Waals surface area contributed by atoms with Gasteiger partial charge in [0, 0.05) is 44.9 Å². The molecule has 1 saturated heterocycles. The van der Waals surface area contributed by atoms with Gasteiger partial charge in [0.25, 0.3) is 0 Å². The Bertz CT molecular complexity index is 415. The highest BCUT2D eigenvalue weighted by Gasteiger charge is 2.32. The normalized spacial score (nSPS) is 24.4. The highest BCUT2D eigenvalue weighted by atomic mass is 35.5. The molecule has 5 heteroatoms. The molecule has 118 valence electrons. The topological polar surface area (TPSA) is 33.7 Å². The van der Waals surface area contributed by atoms with E-state index in [1.165, 1.54) is 5.56 Å². The summed E-state index contributed by atoms with van der Waals surface area (Å²) in [7, 11) is 5.51. The van der Waals surface area contributed by atoms with Gasteiger partial charge in [0.1, 0.15) is 0 Å². The average Bonchev–Trinajstić information content (AvgIpc) is 2.92. The summed E-state index contributed by atoms with van der Waals surface area (Å²) in [6.45, 7) is 2.89. The number of nitrogens with one attached hydrogen (secondary N) is 1. The third-order valence-corrected chi connectivity index (χ3v) is 4.50. The van der Waals surface area contributed by atoms with Crippen molar-refractivity contribution in [3.63, 3.8) is 0 Å². The van der Waals surface area contributed by atoms with E-state index in [9.17, 15) is 0 Å². The maximum atomic E-state index is 5.95. The summed E-state index contributed by atoms with van der Waals surface area (Å²) < 4.78 is 11.0. The lowest BCUT2D eigenvalue weighted by molar-refractivity contribution is -0.00461. The lowest BCUT2D eigenvalue weighted by Crippen LogP contribution is -2.28. The lowest BCUT2D eigenvalue weighted by atomic mass is 10.0. The van der Waals surface area contributed by atoms with Crippen molar-refractivity contribution >= 4 is 11.6 Å². The molecule has 0 bridgehead atoms. The first kappa shape index (κ1) is 16.7. The number of halogens is 1. The molecule has 3 atom stereocenters. The first-order valence-corrected chi connectivity index (χ1v) is 7.76. The van der Waals surface area contributed by atoms with Crippen LogP contribution in [0, 0.1) is 0 Å². The molecule has 0 spiro atoms. The summed E-state index contributed by atoms with van der Waals surface area (Å²) in [5.41, 5.74) is 1.27. The van der Waals surface area contributed by atoms with Gasteiger partial charge >= 0.3 is 0 Å². The summed E-state index contributed by atoms with van der Waals surface area (Å²) in [4.78, 5) is 2.41. The fraction of sp³-hybridized carbons (Fsp3) is 0.625. The van der Waals surface area contributed by atoms with Gasteiger partial charge in [0.05, 0.1) is 12.2 Å². The van der Waals surface area contributed by atoms with Crippen molar-refractivity contribution in [1.82, 2.24) is 10.2 Å². The van der Waals surface area contributed by atoms with E-state index in [0.717, 1.165) is 31.1 Å². The van der Waals surface area contributed by atoms with Crippen molar-refractivity contribution in [2.24, 2.45) is 0 Å². The van der Waals surface area contributed by atoms with Crippen LogP contribution in [0.3, 0.4) is 0 Å². The molecule has 1 heterocycles. The van der Waals surface area contributed by atoms with Gasteiger partial charge < -0.3 is 14.8 Å². The van der Waals surface area contributed by atoms with Gasteiger partial charge in [0.15, 0.2) is 0 Å². The van der Waals surface area contributed by atoms with E-state index in [4.69, 9.17) is 21.1 Å². The quantitative estimate of drug-likeness (QED) is 0.838. The molecule has 1 fully saturated rings. The van der Waals surface area contributed by atoms with Crippen molar-refractivity contribution in [2.75, 3.05) is 40.9 Å². The lowest BCUT2D eigenvalue weighted by Gasteiger charge is -2.21. The Morgan fingerprint density at radius 3 is 2.24 bits per heavy atom. The Kier molecular flexibility index (Phi) is 6.45. The first-order chi connectivity index (χ1) is 10.2. The van der Waals surface area contributed by atoms with Gasteiger partial charge in [-0.15, -0.1) is 0 Å². The van der Waals surface area contributed by atoms with Crippen LogP contribution in [0.1, 0.15) is 18.0 Å². The number of ether oxygens (including phenoxy) is 2. The second-order valence-electron chi connectivity index (χ2n) is 5.49. The molecule has 3 unspecified atom stereocenters. The Labute approximate surface area is 132 Å². The molecule has 4 nitrogen and oxygen atoms in total. The zero-order chi connectivity index (χ0) is 15.2. The van der Waals surface area contributed by atoms with Crippen LogP contribution in [-0.4, -0.2) is 58.0 Å². The van der Waals surface area contributed by atoms with Crippen LogP contribution in [0.5, 0.6) is 0 Å². The second kappa shape index (κ2) is 8.11. The van der Waals surface area contributed by atoms with Gasteiger partial charge in [-0.2, -0.15) is 0 Å². The van der Waals surface area contributed by atoms with Crippen LogP contribution in [0.2, 0.25) is 5.02 Å². The largest absolute Gasteiger partial charge is 0.377 e. The smallest absolute Gasteiger partial charge is 0.0971 e. The van der Waals surface area contributed by atoms with E-state index in [1.807, 2.05) is 19.2 Å². The van der Waals surface area contributed by atoms with Gasteiger partial charge in [-0.3, -0.25) is 4.90 Å². The molecular weight excluding hydrogens is 288 g/mol. The molecule has 0 radical (unpaired) electrons. The van der Waals surface area contributed by atoms with Crippen LogP contribution in [0.25, 0.3) is 0 Å². The third-order valence-electron chi connectivity index (χ3n) is 4.25. The monoisotopic (exact) mass is 312 g/mol. The zero-order valence-electron chi connectivity index (χ0n) is 13.0. The van der Waals surface area contributed by atoms with Crippen molar-refractivity contribution in [1.29, 1.82) is 0 Å². The average molecular weight is 313 g/mol. The zero-order valence-corrected chi connectivity index (χ0v) is 13.8. The number of hydrogen-bond acceptors (Lipinski definition) is 4. The molecule has 1 aliphatic rings. The van der Waals surface area contributed by atoms with Crippen molar-refractivity contribution < 1.29 is 9.47 Å². The molecule has 21 heavy (non-hydrogen) atoms. The number of likely N-dealkylation sites (tertiary alicyclic amines) is 1. The van der Waals surface area contributed by atoms with E-state index < -0.39 is 0 Å². The minimum Gasteiger partial charge on any atom is -0.377 e. The van der Waals surface area contributed by atoms with Gasteiger partial charge in [0.2, 0.25) is 0 Å². The standard InChI is InChI=1S/C16H25ClN2O2/c1-18-14(12-4-6-13(17)7-5-12)8-9-19-10-15(20-2)16(11-19)21-3/h4-7,14-16,18H,8-11H2,1-3H3. The van der Waals surface area contributed by atoms with E-state index >= 15 is 0 Å². The van der Waals surface area contributed by atoms with Crippen LogP contribution in [0.15, 0.2) is 24.3 Å². The minimum absolute atomic E-state index is 0.179. The second-order valence-corrected chi connectivity index (χ2v) is 5.93. The number of nitrogens with zero attached hydrogens (tertiary/aromatic N) is 1. The van der Waals surface area contributed by atoms with Crippen LogP contribution < -0.4 is 5.32 Å². The number of hydrogen-bond donors (Lipinski definition) is 1. The van der Waals surface area contributed by atoms with E-state index in [0.29, 0.717) is 6.04 Å². The van der Waals surface area contributed by atoms with Crippen LogP contribution >= 0.6 is 11.6 Å². The summed E-state index contributed by atoms with van der Waals surface area (Å²) in [6.07, 6.45) is 1.41. The molecule has 1 aliphatic heterocycles. The van der Waals surface area contributed by atoms with E-state index in [-0.39, 0.29) is 12.2 Å². The fourth-order valence-corrected chi connectivity index (χ4v) is 3.06. The Morgan fingerprint density at radius 2 is 1.76 bits per heavy atom. The fourth-order valence-electron chi connectivity index (χ4n) is 2.94. The molecule has 2 rings (SSSR count). The first-order valence-electron chi connectivity index (χ1n) is 7.38. The van der Waals surface area contributed by atoms with Crippen molar-refractivity contribution in [3.8, 4) is 0 Å². The van der Waals surface area contributed by atoms with Crippen molar-refractivity contribution in [3.05, 3.63) is 34.9 Å². The highest BCUT2D eigenvalue weighted by Crippen LogP contribution is 2.21. The maximum absolute atomic E-state index is 5.95. The van der Waals surface area contributed by atoms with Gasteiger partial charge in [-0.25, -0.2) is 0 Å². The summed E-state index contributed by atoms with van der Waals surface area (Å²) in [5, 5.41) is 4.16. The summed E-state index contributed by atoms with van der Waals surface area (Å²) >= 11 is 5.95. The third kappa shape index (κ3) is 4.41. The molecule has 1 aromatic rings. The number of methoxy groups -OCH3 is 2. The summed E-state index contributed by atoms with van der Waals surface area (Å²) in [6, 6.07) is 8.40. The van der Waals surface area contributed by atoms with Gasteiger partial charge in [-0.05, 0) is 31.2 Å². The SMILES string of the molecule is CNC(CCN1CC(OC)C(OC)C1)c1ccc(Cl)cc1. The van der Waals surface area contributed by atoms with Gasteiger partial charge in [-0.1, -0.05) is 23.7 Å². The van der Waals surface area contributed by atoms with E-state index in [2.05, 4.69) is 22.3 Å². The molecule has 0 amide bonds. The molecule has 0 aliphatic carbocycles. The number of rotatable bonds is 7. The molecule has 1 aromatic carbocycles. The minimum atomic E-state index is 0.179. The molecule has 0 aromatic heterocycles. The summed E-state index contributed by atoms with van der Waals surface area (Å²) in [5.74, 6) is 0. The van der Waals surface area contributed by atoms with Crippen LogP contribution in [0.4, 0.5) is 0 Å². The van der Waals surface area contributed by atoms with Crippen LogP contribution in [-0.2, 0) is 9.47 Å².